The minimum Gasteiger partial charge on any atom is -0.340 e. The van der Waals surface area contributed by atoms with Crippen molar-refractivity contribution in [2.45, 2.75) is 84.5 Å². The van der Waals surface area contributed by atoms with Crippen molar-refractivity contribution in [1.29, 1.82) is 0 Å². The number of hydrogen-bond acceptors (Lipinski definition) is 5. The molecule has 0 bridgehead atoms. The highest BCUT2D eigenvalue weighted by Crippen LogP contribution is 2.49. The molecule has 0 radical (unpaired) electrons. The fourth-order valence-corrected chi connectivity index (χ4v) is 5.43. The lowest BCUT2D eigenvalue weighted by molar-refractivity contribution is -0.131. The summed E-state index contributed by atoms with van der Waals surface area (Å²) in [6, 6.07) is 0.280. The Bertz CT molecular complexity index is 646. The molecule has 1 aliphatic heterocycles. The molecule has 27 heavy (non-hydrogen) atoms. The van der Waals surface area contributed by atoms with E-state index in [0.717, 1.165) is 37.9 Å². The number of carbonyl (C=O) groups is 1. The molecule has 1 saturated carbocycles. The van der Waals surface area contributed by atoms with Crippen LogP contribution in [-0.2, 0) is 11.2 Å². The Balaban J connectivity index is 1.63. The van der Waals surface area contributed by atoms with Gasteiger partial charge in [-0.15, -0.1) is 0 Å². The molecule has 6 nitrogen and oxygen atoms in total. The van der Waals surface area contributed by atoms with Gasteiger partial charge >= 0.3 is 0 Å². The van der Waals surface area contributed by atoms with Crippen molar-refractivity contribution in [3.8, 4) is 0 Å². The number of likely N-dealkylation sites (tertiary alicyclic amines) is 1. The number of rotatable bonds is 7. The number of nitrogens with zero attached hydrogens (tertiary/aromatic N) is 3. The normalized spacial score (nSPS) is 30.2. The first-order valence-electron chi connectivity index (χ1n) is 10.4. The number of halogens is 1. The molecule has 3 rings (SSSR count). The largest absolute Gasteiger partial charge is 0.340 e. The molecule has 7 heteroatoms. The molecule has 4 unspecified atom stereocenters. The van der Waals surface area contributed by atoms with Gasteiger partial charge in [0.2, 0.25) is 11.8 Å². The van der Waals surface area contributed by atoms with Crippen molar-refractivity contribution in [1.82, 2.24) is 20.4 Å². The van der Waals surface area contributed by atoms with Crippen LogP contribution in [0.3, 0.4) is 0 Å². The highest BCUT2D eigenvalue weighted by Gasteiger charge is 2.48. The van der Waals surface area contributed by atoms with Crippen LogP contribution in [0.5, 0.6) is 0 Å². The summed E-state index contributed by atoms with van der Waals surface area (Å²) in [6.07, 6.45) is 4.61. The topological polar surface area (TPSA) is 71.3 Å². The summed E-state index contributed by atoms with van der Waals surface area (Å²) in [5.41, 5.74) is 0.119. The van der Waals surface area contributed by atoms with Crippen molar-refractivity contribution in [2.24, 2.45) is 11.3 Å². The van der Waals surface area contributed by atoms with Crippen LogP contribution in [0.25, 0.3) is 0 Å². The van der Waals surface area contributed by atoms with Crippen molar-refractivity contribution >= 4 is 5.91 Å². The molecule has 2 heterocycles. The quantitative estimate of drug-likeness (QED) is 0.787. The van der Waals surface area contributed by atoms with Crippen LogP contribution in [0.2, 0.25) is 0 Å². The fraction of sp³-hybridized carbons (Fsp3) is 0.850. The molecular weight excluding hydrogens is 347 g/mol. The van der Waals surface area contributed by atoms with E-state index >= 15 is 0 Å². The molecule has 2 fully saturated rings. The van der Waals surface area contributed by atoms with E-state index in [2.05, 4.69) is 29.3 Å². The van der Waals surface area contributed by atoms with Gasteiger partial charge < -0.3 is 14.7 Å². The number of alkyl halides is 1. The van der Waals surface area contributed by atoms with E-state index in [-0.39, 0.29) is 36.5 Å². The van der Waals surface area contributed by atoms with Crippen LogP contribution in [0.15, 0.2) is 4.52 Å². The molecule has 1 amide bonds. The summed E-state index contributed by atoms with van der Waals surface area (Å²) in [5, 5.41) is 7.61. The molecule has 1 aromatic heterocycles. The molecule has 2 aliphatic rings. The number of hydrogen-bond donors (Lipinski definition) is 1. The maximum absolute atomic E-state index is 13.6. The van der Waals surface area contributed by atoms with Gasteiger partial charge in [-0.25, -0.2) is 4.39 Å². The standard InChI is InChI=1S/C20H33FN4O2/c1-5-20(6-2)15(10-18-23-14(4)27-24-18)7-8-17(20)22-11-19(26)25-12-16(21)9-13(25)3/h13,15-17,22H,5-12H2,1-4H3. The van der Waals surface area contributed by atoms with Crippen LogP contribution in [0.4, 0.5) is 4.39 Å². The average Bonchev–Trinajstić information content (AvgIpc) is 3.30. The molecule has 1 saturated heterocycles. The van der Waals surface area contributed by atoms with E-state index < -0.39 is 6.17 Å². The first kappa shape index (κ1) is 20.2. The van der Waals surface area contributed by atoms with Gasteiger partial charge in [-0.2, -0.15) is 4.98 Å². The summed E-state index contributed by atoms with van der Waals surface area (Å²) >= 11 is 0. The Kier molecular flexibility index (Phi) is 6.18. The first-order valence-corrected chi connectivity index (χ1v) is 10.4. The average molecular weight is 381 g/mol. The summed E-state index contributed by atoms with van der Waals surface area (Å²) < 4.78 is 18.7. The Morgan fingerprint density at radius 2 is 2.11 bits per heavy atom. The summed E-state index contributed by atoms with van der Waals surface area (Å²) in [5.74, 6) is 1.87. The number of aromatic nitrogens is 2. The Morgan fingerprint density at radius 1 is 1.37 bits per heavy atom. The molecule has 0 spiro atoms. The zero-order chi connectivity index (χ0) is 19.6. The number of amides is 1. The van der Waals surface area contributed by atoms with Gasteiger partial charge in [0, 0.05) is 31.8 Å². The van der Waals surface area contributed by atoms with Crippen LogP contribution >= 0.6 is 0 Å². The summed E-state index contributed by atoms with van der Waals surface area (Å²) in [7, 11) is 0. The highest BCUT2D eigenvalue weighted by atomic mass is 19.1. The van der Waals surface area contributed by atoms with Crippen molar-refractivity contribution < 1.29 is 13.7 Å². The maximum Gasteiger partial charge on any atom is 0.236 e. The van der Waals surface area contributed by atoms with Crippen molar-refractivity contribution in [3.05, 3.63) is 11.7 Å². The second kappa shape index (κ2) is 8.25. The summed E-state index contributed by atoms with van der Waals surface area (Å²) in [4.78, 5) is 18.7. The van der Waals surface area contributed by atoms with E-state index in [1.165, 1.54) is 0 Å². The number of aryl methyl sites for hydroxylation is 1. The molecular formula is C20H33FN4O2. The van der Waals surface area contributed by atoms with Crippen LogP contribution in [-0.4, -0.2) is 52.3 Å². The Hall–Kier alpha value is -1.50. The van der Waals surface area contributed by atoms with Crippen LogP contribution in [0.1, 0.15) is 64.6 Å². The van der Waals surface area contributed by atoms with Gasteiger partial charge in [0.25, 0.3) is 0 Å². The lowest BCUT2D eigenvalue weighted by Gasteiger charge is -2.39. The van der Waals surface area contributed by atoms with Gasteiger partial charge in [0.15, 0.2) is 5.82 Å². The van der Waals surface area contributed by atoms with E-state index in [0.29, 0.717) is 18.2 Å². The van der Waals surface area contributed by atoms with Gasteiger partial charge in [0.1, 0.15) is 6.17 Å². The van der Waals surface area contributed by atoms with E-state index in [1.807, 2.05) is 13.8 Å². The Morgan fingerprint density at radius 3 is 2.67 bits per heavy atom. The third-order valence-corrected chi connectivity index (χ3v) is 6.97. The highest BCUT2D eigenvalue weighted by molar-refractivity contribution is 5.79. The summed E-state index contributed by atoms with van der Waals surface area (Å²) in [6.45, 7) is 8.73. The SMILES string of the molecule is CCC1(CC)C(Cc2noc(C)n2)CCC1NCC(=O)N1CC(F)CC1C. The second-order valence-corrected chi connectivity index (χ2v) is 8.31. The minimum absolute atomic E-state index is 0.00536. The third kappa shape index (κ3) is 4.03. The zero-order valence-corrected chi connectivity index (χ0v) is 17.0. The van der Waals surface area contributed by atoms with Crippen LogP contribution < -0.4 is 5.32 Å². The van der Waals surface area contributed by atoms with Gasteiger partial charge in [-0.1, -0.05) is 19.0 Å². The van der Waals surface area contributed by atoms with E-state index in [9.17, 15) is 9.18 Å². The monoisotopic (exact) mass is 380 g/mol. The van der Waals surface area contributed by atoms with Crippen LogP contribution in [0, 0.1) is 18.3 Å². The lowest BCUT2D eigenvalue weighted by Crippen LogP contribution is -2.49. The lowest BCUT2D eigenvalue weighted by atomic mass is 9.69. The van der Waals surface area contributed by atoms with Crippen molar-refractivity contribution in [3.63, 3.8) is 0 Å². The molecule has 1 aromatic rings. The minimum atomic E-state index is -0.886. The molecule has 0 aromatic carbocycles. The predicted molar refractivity (Wildman–Crippen MR) is 101 cm³/mol. The van der Waals surface area contributed by atoms with Gasteiger partial charge in [-0.3, -0.25) is 4.79 Å². The molecule has 4 atom stereocenters. The van der Waals surface area contributed by atoms with Gasteiger partial charge in [0.05, 0.1) is 13.1 Å². The fourth-order valence-electron chi connectivity index (χ4n) is 5.43. The molecule has 1 N–H and O–H groups in total. The Labute approximate surface area is 161 Å². The number of carbonyl (C=O) groups excluding carboxylic acids is 1. The van der Waals surface area contributed by atoms with Gasteiger partial charge in [-0.05, 0) is 43.9 Å². The van der Waals surface area contributed by atoms with E-state index in [1.54, 1.807) is 4.90 Å². The smallest absolute Gasteiger partial charge is 0.236 e. The molecule has 1 aliphatic carbocycles. The second-order valence-electron chi connectivity index (χ2n) is 8.31. The number of nitrogens with one attached hydrogen (secondary N) is 1. The van der Waals surface area contributed by atoms with Crippen molar-refractivity contribution in [2.75, 3.05) is 13.1 Å². The maximum atomic E-state index is 13.6. The predicted octanol–water partition coefficient (Wildman–Crippen LogP) is 3.05. The molecule has 152 valence electrons. The first-order chi connectivity index (χ1) is 12.9. The third-order valence-electron chi connectivity index (χ3n) is 6.97. The van der Waals surface area contributed by atoms with E-state index in [4.69, 9.17) is 4.52 Å². The zero-order valence-electron chi connectivity index (χ0n) is 17.0.